The van der Waals surface area contributed by atoms with Gasteiger partial charge >= 0.3 is 0 Å². The molecule has 0 aliphatic heterocycles. The first-order chi connectivity index (χ1) is 9.18. The molecule has 1 unspecified atom stereocenters. The monoisotopic (exact) mass is 255 g/mol. The summed E-state index contributed by atoms with van der Waals surface area (Å²) in [5, 5.41) is 14.0. The fraction of sp³-hybridized carbons (Fsp3) is 0.294. The number of hydrogen-bond acceptors (Lipinski definition) is 2. The van der Waals surface area contributed by atoms with Crippen molar-refractivity contribution in [3.05, 3.63) is 66.2 Å². The molecule has 0 radical (unpaired) electrons. The van der Waals surface area contributed by atoms with Gasteiger partial charge < -0.3 is 10.4 Å². The highest BCUT2D eigenvalue weighted by Gasteiger charge is 2.23. The van der Waals surface area contributed by atoms with E-state index in [-0.39, 0.29) is 6.04 Å². The van der Waals surface area contributed by atoms with Gasteiger partial charge in [-0.15, -0.1) is 0 Å². The maximum Gasteiger partial charge on any atom is 0.0993 e. The number of anilines is 1. The summed E-state index contributed by atoms with van der Waals surface area (Å²) in [7, 11) is 0. The van der Waals surface area contributed by atoms with E-state index < -0.39 is 6.10 Å². The third-order valence-corrected chi connectivity index (χ3v) is 3.31. The predicted octanol–water partition coefficient (Wildman–Crippen LogP) is 3.86. The summed E-state index contributed by atoms with van der Waals surface area (Å²) in [6.07, 6.45) is -0.513. The molecule has 2 N–H and O–H groups in total. The van der Waals surface area contributed by atoms with Gasteiger partial charge in [0, 0.05) is 5.69 Å². The Balaban J connectivity index is 2.17. The van der Waals surface area contributed by atoms with Crippen LogP contribution in [0.2, 0.25) is 0 Å². The lowest BCUT2D eigenvalue weighted by Crippen LogP contribution is -2.32. The van der Waals surface area contributed by atoms with E-state index in [9.17, 15) is 5.11 Å². The Morgan fingerprint density at radius 3 is 1.89 bits per heavy atom. The zero-order valence-electron chi connectivity index (χ0n) is 11.5. The summed E-state index contributed by atoms with van der Waals surface area (Å²) >= 11 is 0. The lowest BCUT2D eigenvalue weighted by molar-refractivity contribution is 0.135. The van der Waals surface area contributed by atoms with E-state index in [1.165, 1.54) is 0 Å². The fourth-order valence-corrected chi connectivity index (χ4v) is 2.19. The van der Waals surface area contributed by atoms with Gasteiger partial charge in [0.05, 0.1) is 12.1 Å². The van der Waals surface area contributed by atoms with Crippen molar-refractivity contribution < 1.29 is 5.11 Å². The van der Waals surface area contributed by atoms with Gasteiger partial charge in [-0.1, -0.05) is 62.4 Å². The average Bonchev–Trinajstić information content (AvgIpc) is 2.46. The number of nitrogens with one attached hydrogen (secondary N) is 1. The van der Waals surface area contributed by atoms with E-state index in [0.29, 0.717) is 5.92 Å². The second-order valence-corrected chi connectivity index (χ2v) is 5.14. The van der Waals surface area contributed by atoms with Gasteiger partial charge in [-0.3, -0.25) is 0 Å². The molecular formula is C17H21NO. The highest BCUT2D eigenvalue weighted by atomic mass is 16.3. The minimum absolute atomic E-state index is 0.00944. The Morgan fingerprint density at radius 2 is 1.37 bits per heavy atom. The van der Waals surface area contributed by atoms with Crippen molar-refractivity contribution in [3.63, 3.8) is 0 Å². The molecule has 0 saturated carbocycles. The van der Waals surface area contributed by atoms with Gasteiger partial charge in [0.25, 0.3) is 0 Å². The maximum atomic E-state index is 10.5. The van der Waals surface area contributed by atoms with Crippen LogP contribution in [0.25, 0.3) is 0 Å². The summed E-state index contributed by atoms with van der Waals surface area (Å²) < 4.78 is 0. The Labute approximate surface area is 115 Å². The molecule has 0 aromatic heterocycles. The SMILES string of the molecule is CC(C)[C@H](Nc1ccccc1)C(O)c1ccccc1. The Morgan fingerprint density at radius 1 is 0.842 bits per heavy atom. The summed E-state index contributed by atoms with van der Waals surface area (Å²) in [5.41, 5.74) is 1.99. The minimum Gasteiger partial charge on any atom is -0.386 e. The van der Waals surface area contributed by atoms with E-state index in [1.54, 1.807) is 0 Å². The molecule has 2 atom stereocenters. The lowest BCUT2D eigenvalue weighted by Gasteiger charge is -2.28. The molecule has 0 bridgehead atoms. The second kappa shape index (κ2) is 6.39. The van der Waals surface area contributed by atoms with Crippen LogP contribution in [-0.4, -0.2) is 11.1 Å². The van der Waals surface area contributed by atoms with Gasteiger partial charge in [-0.2, -0.15) is 0 Å². The van der Waals surface area contributed by atoms with Crippen LogP contribution in [-0.2, 0) is 0 Å². The normalized spacial score (nSPS) is 14.1. The quantitative estimate of drug-likeness (QED) is 0.850. The molecule has 2 aromatic carbocycles. The van der Waals surface area contributed by atoms with Gasteiger partial charge in [-0.05, 0) is 23.6 Å². The van der Waals surface area contributed by atoms with E-state index in [2.05, 4.69) is 19.2 Å². The minimum atomic E-state index is -0.513. The summed E-state index contributed by atoms with van der Waals surface area (Å²) in [5.74, 6) is 0.329. The molecule has 2 heteroatoms. The number of para-hydroxylation sites is 1. The number of hydrogen-bond donors (Lipinski definition) is 2. The van der Waals surface area contributed by atoms with Crippen LogP contribution in [0.4, 0.5) is 5.69 Å². The van der Waals surface area contributed by atoms with E-state index in [4.69, 9.17) is 0 Å². The maximum absolute atomic E-state index is 10.5. The molecule has 0 saturated heterocycles. The van der Waals surface area contributed by atoms with Crippen molar-refractivity contribution in [2.75, 3.05) is 5.32 Å². The molecule has 2 nitrogen and oxygen atoms in total. The standard InChI is InChI=1S/C17H21NO/c1-13(2)16(18-15-11-7-4-8-12-15)17(19)14-9-5-3-6-10-14/h3-13,16-19H,1-2H3/t16-,17?/m0/s1. The van der Waals surface area contributed by atoms with Crippen molar-refractivity contribution in [2.24, 2.45) is 5.92 Å². The van der Waals surface area contributed by atoms with Crippen LogP contribution in [0.1, 0.15) is 25.5 Å². The first-order valence-electron chi connectivity index (χ1n) is 6.73. The van der Waals surface area contributed by atoms with Crippen molar-refractivity contribution in [1.82, 2.24) is 0 Å². The molecule has 0 amide bonds. The summed E-state index contributed by atoms with van der Waals surface area (Å²) in [4.78, 5) is 0. The molecule has 2 aromatic rings. The van der Waals surface area contributed by atoms with Crippen molar-refractivity contribution in [3.8, 4) is 0 Å². The molecule has 0 fully saturated rings. The van der Waals surface area contributed by atoms with Crippen LogP contribution >= 0.6 is 0 Å². The van der Waals surface area contributed by atoms with Crippen LogP contribution in [0, 0.1) is 5.92 Å². The van der Waals surface area contributed by atoms with Crippen LogP contribution in [0.5, 0.6) is 0 Å². The third-order valence-electron chi connectivity index (χ3n) is 3.31. The van der Waals surface area contributed by atoms with Gasteiger partial charge in [-0.25, -0.2) is 0 Å². The second-order valence-electron chi connectivity index (χ2n) is 5.14. The van der Waals surface area contributed by atoms with E-state index >= 15 is 0 Å². The van der Waals surface area contributed by atoms with Crippen molar-refractivity contribution in [2.45, 2.75) is 26.0 Å². The van der Waals surface area contributed by atoms with Crippen molar-refractivity contribution >= 4 is 5.69 Å². The van der Waals surface area contributed by atoms with E-state index in [0.717, 1.165) is 11.3 Å². The number of rotatable bonds is 5. The molecule has 100 valence electrons. The lowest BCUT2D eigenvalue weighted by atomic mass is 9.93. The topological polar surface area (TPSA) is 32.3 Å². The number of aliphatic hydroxyl groups excluding tert-OH is 1. The Bertz CT molecular complexity index is 481. The average molecular weight is 255 g/mol. The summed E-state index contributed by atoms with van der Waals surface area (Å²) in [6, 6.07) is 19.8. The molecule has 0 spiro atoms. The van der Waals surface area contributed by atoms with E-state index in [1.807, 2.05) is 60.7 Å². The number of benzene rings is 2. The molecule has 2 rings (SSSR count). The largest absolute Gasteiger partial charge is 0.386 e. The first-order valence-corrected chi connectivity index (χ1v) is 6.73. The van der Waals surface area contributed by atoms with Gasteiger partial charge in [0.15, 0.2) is 0 Å². The first kappa shape index (κ1) is 13.6. The molecule has 0 aliphatic rings. The molecular weight excluding hydrogens is 234 g/mol. The predicted molar refractivity (Wildman–Crippen MR) is 80.1 cm³/mol. The van der Waals surface area contributed by atoms with Crippen LogP contribution in [0.3, 0.4) is 0 Å². The Kier molecular flexibility index (Phi) is 4.58. The van der Waals surface area contributed by atoms with Gasteiger partial charge in [0.1, 0.15) is 0 Å². The zero-order valence-corrected chi connectivity index (χ0v) is 11.5. The van der Waals surface area contributed by atoms with Crippen LogP contribution < -0.4 is 5.32 Å². The Hall–Kier alpha value is -1.80. The highest BCUT2D eigenvalue weighted by molar-refractivity contribution is 5.44. The summed E-state index contributed by atoms with van der Waals surface area (Å²) in [6.45, 7) is 4.24. The zero-order chi connectivity index (χ0) is 13.7. The molecule has 0 heterocycles. The molecule has 19 heavy (non-hydrogen) atoms. The third kappa shape index (κ3) is 3.58. The van der Waals surface area contributed by atoms with Crippen LogP contribution in [0.15, 0.2) is 60.7 Å². The smallest absolute Gasteiger partial charge is 0.0993 e. The van der Waals surface area contributed by atoms with Gasteiger partial charge in [0.2, 0.25) is 0 Å². The fourth-order valence-electron chi connectivity index (χ4n) is 2.19. The van der Waals surface area contributed by atoms with Crippen molar-refractivity contribution in [1.29, 1.82) is 0 Å². The molecule has 0 aliphatic carbocycles. The highest BCUT2D eigenvalue weighted by Crippen LogP contribution is 2.25. The number of aliphatic hydroxyl groups is 1.